The van der Waals surface area contributed by atoms with Gasteiger partial charge in [0.15, 0.2) is 5.82 Å². The number of aromatic nitrogens is 2. The van der Waals surface area contributed by atoms with E-state index in [0.29, 0.717) is 0 Å². The first kappa shape index (κ1) is 9.73. The molecule has 0 spiro atoms. The molecule has 1 heterocycles. The molecule has 0 aromatic carbocycles. The van der Waals surface area contributed by atoms with Gasteiger partial charge in [-0.05, 0) is 6.42 Å². The Balaban J connectivity index is 2.73. The van der Waals surface area contributed by atoms with Crippen LogP contribution in [0.1, 0.15) is 13.3 Å². The minimum Gasteiger partial charge on any atom is -0.394 e. The third-order valence-electron chi connectivity index (χ3n) is 1.76. The lowest BCUT2D eigenvalue weighted by Gasteiger charge is -2.12. The first-order valence-electron chi connectivity index (χ1n) is 4.19. The predicted molar refractivity (Wildman–Crippen MR) is 49.6 cm³/mol. The fraction of sp³-hybridized carbons (Fsp3) is 0.500. The monoisotopic (exact) mass is 183 g/mol. The molecule has 72 valence electrons. The van der Waals surface area contributed by atoms with E-state index in [4.69, 9.17) is 5.11 Å². The maximum Gasteiger partial charge on any atom is 0.290 e. The Morgan fingerprint density at radius 1 is 1.77 bits per heavy atom. The molecule has 0 aliphatic carbocycles. The number of hydrogen-bond donors (Lipinski definition) is 3. The lowest BCUT2D eigenvalue weighted by molar-refractivity contribution is 0.271. The Labute approximate surface area is 75.8 Å². The summed E-state index contributed by atoms with van der Waals surface area (Å²) >= 11 is 0. The van der Waals surface area contributed by atoms with Crippen LogP contribution in [0.4, 0.5) is 5.82 Å². The molecule has 5 heteroatoms. The van der Waals surface area contributed by atoms with E-state index in [1.165, 1.54) is 12.4 Å². The highest BCUT2D eigenvalue weighted by Crippen LogP contribution is 1.98. The minimum atomic E-state index is -0.269. The van der Waals surface area contributed by atoms with Crippen LogP contribution in [0, 0.1) is 0 Å². The molecule has 1 atom stereocenters. The molecule has 0 aliphatic heterocycles. The van der Waals surface area contributed by atoms with Crippen LogP contribution in [-0.4, -0.2) is 27.7 Å². The van der Waals surface area contributed by atoms with Gasteiger partial charge < -0.3 is 15.4 Å². The van der Waals surface area contributed by atoms with Gasteiger partial charge in [-0.1, -0.05) is 6.92 Å². The Bertz CT molecular complexity index is 306. The van der Waals surface area contributed by atoms with Crippen LogP contribution in [0.3, 0.4) is 0 Å². The Morgan fingerprint density at radius 2 is 2.54 bits per heavy atom. The first-order valence-corrected chi connectivity index (χ1v) is 4.19. The topological polar surface area (TPSA) is 78.0 Å². The summed E-state index contributed by atoms with van der Waals surface area (Å²) in [6, 6.07) is -0.115. The van der Waals surface area contributed by atoms with Gasteiger partial charge in [-0.2, -0.15) is 0 Å². The maximum absolute atomic E-state index is 11.1. The molecule has 0 amide bonds. The zero-order valence-corrected chi connectivity index (χ0v) is 7.45. The normalized spacial score (nSPS) is 12.5. The van der Waals surface area contributed by atoms with Gasteiger partial charge in [-0.25, -0.2) is 4.98 Å². The van der Waals surface area contributed by atoms with Gasteiger partial charge in [-0.15, -0.1) is 0 Å². The van der Waals surface area contributed by atoms with Crippen molar-refractivity contribution in [3.63, 3.8) is 0 Å². The maximum atomic E-state index is 11.1. The van der Waals surface area contributed by atoms with Crippen molar-refractivity contribution in [1.29, 1.82) is 0 Å². The van der Waals surface area contributed by atoms with Crippen molar-refractivity contribution >= 4 is 5.82 Å². The van der Waals surface area contributed by atoms with Crippen LogP contribution in [0.25, 0.3) is 0 Å². The van der Waals surface area contributed by atoms with Gasteiger partial charge in [-0.3, -0.25) is 4.79 Å². The van der Waals surface area contributed by atoms with Crippen molar-refractivity contribution in [2.75, 3.05) is 11.9 Å². The van der Waals surface area contributed by atoms with Crippen LogP contribution >= 0.6 is 0 Å². The molecule has 5 nitrogen and oxygen atoms in total. The summed E-state index contributed by atoms with van der Waals surface area (Å²) in [6.45, 7) is 1.91. The standard InChI is InChI=1S/C8H13N3O2/c1-2-6(5-12)11-7-8(13)10-4-3-9-7/h3-4,6,12H,2,5H2,1H3,(H,9,11)(H,10,13). The van der Waals surface area contributed by atoms with Gasteiger partial charge in [0.1, 0.15) is 0 Å². The zero-order chi connectivity index (χ0) is 9.68. The average Bonchev–Trinajstić information content (AvgIpc) is 2.17. The van der Waals surface area contributed by atoms with E-state index in [0.717, 1.165) is 6.42 Å². The van der Waals surface area contributed by atoms with Crippen molar-refractivity contribution in [3.8, 4) is 0 Å². The number of aliphatic hydroxyl groups is 1. The van der Waals surface area contributed by atoms with Crippen LogP contribution in [0.15, 0.2) is 17.2 Å². The highest BCUT2D eigenvalue weighted by Gasteiger charge is 2.06. The third kappa shape index (κ3) is 2.55. The largest absolute Gasteiger partial charge is 0.394 e. The summed E-state index contributed by atoms with van der Waals surface area (Å²) in [5, 5.41) is 11.7. The van der Waals surface area contributed by atoms with Crippen molar-refractivity contribution in [3.05, 3.63) is 22.7 Å². The van der Waals surface area contributed by atoms with E-state index in [1.807, 2.05) is 6.92 Å². The zero-order valence-electron chi connectivity index (χ0n) is 7.45. The van der Waals surface area contributed by atoms with Crippen molar-refractivity contribution in [1.82, 2.24) is 9.97 Å². The van der Waals surface area contributed by atoms with Crippen LogP contribution in [0.5, 0.6) is 0 Å². The Hall–Kier alpha value is -1.36. The van der Waals surface area contributed by atoms with Gasteiger partial charge in [0, 0.05) is 12.4 Å². The van der Waals surface area contributed by atoms with E-state index in [9.17, 15) is 4.79 Å². The molecule has 0 saturated heterocycles. The molecule has 0 radical (unpaired) electrons. The van der Waals surface area contributed by atoms with E-state index < -0.39 is 0 Å². The van der Waals surface area contributed by atoms with E-state index in [1.54, 1.807) is 0 Å². The fourth-order valence-electron chi connectivity index (χ4n) is 0.925. The van der Waals surface area contributed by atoms with Crippen molar-refractivity contribution in [2.45, 2.75) is 19.4 Å². The quantitative estimate of drug-likeness (QED) is 0.611. The molecule has 13 heavy (non-hydrogen) atoms. The molecule has 1 unspecified atom stereocenters. The van der Waals surface area contributed by atoms with E-state index in [-0.39, 0.29) is 24.0 Å². The summed E-state index contributed by atoms with van der Waals surface area (Å²) < 4.78 is 0. The first-order chi connectivity index (χ1) is 6.27. The summed E-state index contributed by atoms with van der Waals surface area (Å²) in [5.41, 5.74) is -0.269. The number of hydrogen-bond acceptors (Lipinski definition) is 4. The fourth-order valence-corrected chi connectivity index (χ4v) is 0.925. The van der Waals surface area contributed by atoms with Gasteiger partial charge in [0.25, 0.3) is 5.56 Å². The van der Waals surface area contributed by atoms with Crippen molar-refractivity contribution < 1.29 is 5.11 Å². The van der Waals surface area contributed by atoms with Crippen LogP contribution < -0.4 is 10.9 Å². The van der Waals surface area contributed by atoms with Crippen molar-refractivity contribution in [2.24, 2.45) is 0 Å². The number of aromatic amines is 1. The number of aliphatic hydroxyl groups excluding tert-OH is 1. The number of H-pyrrole nitrogens is 1. The molecule has 0 saturated carbocycles. The molecule has 0 bridgehead atoms. The molecule has 0 fully saturated rings. The molecule has 1 aromatic heterocycles. The number of nitrogens with one attached hydrogen (secondary N) is 2. The number of rotatable bonds is 4. The molecular weight excluding hydrogens is 170 g/mol. The third-order valence-corrected chi connectivity index (χ3v) is 1.76. The predicted octanol–water partition coefficient (Wildman–Crippen LogP) is -0.0473. The Morgan fingerprint density at radius 3 is 3.08 bits per heavy atom. The van der Waals surface area contributed by atoms with Crippen LogP contribution in [-0.2, 0) is 0 Å². The molecule has 0 aliphatic rings. The van der Waals surface area contributed by atoms with Gasteiger partial charge in [0.2, 0.25) is 0 Å². The molecule has 3 N–H and O–H groups in total. The van der Waals surface area contributed by atoms with E-state index in [2.05, 4.69) is 15.3 Å². The number of anilines is 1. The van der Waals surface area contributed by atoms with Crippen LogP contribution in [0.2, 0.25) is 0 Å². The van der Waals surface area contributed by atoms with Gasteiger partial charge in [0.05, 0.1) is 12.6 Å². The second kappa shape index (κ2) is 4.61. The summed E-state index contributed by atoms with van der Waals surface area (Å²) in [4.78, 5) is 17.5. The average molecular weight is 183 g/mol. The SMILES string of the molecule is CCC(CO)Nc1ncc[nH]c1=O. The smallest absolute Gasteiger partial charge is 0.290 e. The lowest BCUT2D eigenvalue weighted by atomic mass is 10.2. The number of nitrogens with zero attached hydrogens (tertiary/aromatic N) is 1. The highest BCUT2D eigenvalue weighted by atomic mass is 16.3. The minimum absolute atomic E-state index is 0.00743. The molecular formula is C8H13N3O2. The summed E-state index contributed by atoms with van der Waals surface area (Å²) in [6.07, 6.45) is 3.70. The highest BCUT2D eigenvalue weighted by molar-refractivity contribution is 5.31. The van der Waals surface area contributed by atoms with Gasteiger partial charge >= 0.3 is 0 Å². The second-order valence-electron chi connectivity index (χ2n) is 2.70. The molecule has 1 aromatic rings. The summed E-state index contributed by atoms with van der Waals surface area (Å²) in [7, 11) is 0. The summed E-state index contributed by atoms with van der Waals surface area (Å²) in [5.74, 6) is 0.253. The second-order valence-corrected chi connectivity index (χ2v) is 2.70. The molecule has 1 rings (SSSR count). The lowest BCUT2D eigenvalue weighted by Crippen LogP contribution is -2.27. The van der Waals surface area contributed by atoms with E-state index >= 15 is 0 Å². The Kier molecular flexibility index (Phi) is 3.45.